The Bertz CT molecular complexity index is 509. The third kappa shape index (κ3) is 1.60. The third-order valence-electron chi connectivity index (χ3n) is 3.20. The van der Waals surface area contributed by atoms with Crippen LogP contribution in [0.1, 0.15) is 18.4 Å². The first kappa shape index (κ1) is 12.6. The molecule has 0 radical (unpaired) electrons. The number of halogens is 2. The Morgan fingerprint density at radius 2 is 1.94 bits per heavy atom. The molecule has 0 amide bonds. The molecule has 1 aliphatic carbocycles. The van der Waals surface area contributed by atoms with Gasteiger partial charge in [-0.2, -0.15) is 0 Å². The molecule has 4 nitrogen and oxygen atoms in total. The van der Waals surface area contributed by atoms with Crippen LogP contribution in [0.25, 0.3) is 0 Å². The first-order chi connectivity index (χ1) is 8.47. The summed E-state index contributed by atoms with van der Waals surface area (Å²) in [5, 5.41) is 9.17. The highest BCUT2D eigenvalue weighted by Gasteiger charge is 2.56. The largest absolute Gasteiger partial charge is 0.493 e. The molecule has 0 saturated heterocycles. The van der Waals surface area contributed by atoms with Gasteiger partial charge in [0.2, 0.25) is 0 Å². The molecular formula is C12H12F2O4. The van der Waals surface area contributed by atoms with E-state index in [2.05, 4.69) is 0 Å². The van der Waals surface area contributed by atoms with Crippen molar-refractivity contribution in [2.75, 3.05) is 14.2 Å². The zero-order valence-corrected chi connectivity index (χ0v) is 9.92. The molecule has 18 heavy (non-hydrogen) atoms. The van der Waals surface area contributed by atoms with Crippen LogP contribution in [0.4, 0.5) is 8.78 Å². The lowest BCUT2D eigenvalue weighted by molar-refractivity contribution is -0.140. The van der Waals surface area contributed by atoms with Crippen molar-refractivity contribution in [2.45, 2.75) is 18.3 Å². The summed E-state index contributed by atoms with van der Waals surface area (Å²) in [5.41, 5.74) is -1.67. The van der Waals surface area contributed by atoms with Crippen LogP contribution in [-0.2, 0) is 10.2 Å². The molecule has 0 aliphatic heterocycles. The smallest absolute Gasteiger partial charge is 0.314 e. The van der Waals surface area contributed by atoms with Crippen molar-refractivity contribution < 1.29 is 28.2 Å². The molecule has 0 heterocycles. The minimum Gasteiger partial charge on any atom is -0.493 e. The van der Waals surface area contributed by atoms with Gasteiger partial charge in [0.15, 0.2) is 23.1 Å². The van der Waals surface area contributed by atoms with Crippen molar-refractivity contribution >= 4 is 5.97 Å². The number of carboxylic acids is 1. The van der Waals surface area contributed by atoms with Gasteiger partial charge in [0, 0.05) is 6.07 Å². The number of methoxy groups -OCH3 is 2. The van der Waals surface area contributed by atoms with Gasteiger partial charge in [-0.15, -0.1) is 0 Å². The van der Waals surface area contributed by atoms with E-state index in [0.717, 1.165) is 6.07 Å². The van der Waals surface area contributed by atoms with Gasteiger partial charge in [-0.25, -0.2) is 8.78 Å². The van der Waals surface area contributed by atoms with Crippen molar-refractivity contribution in [2.24, 2.45) is 0 Å². The number of hydrogen-bond acceptors (Lipinski definition) is 3. The molecule has 0 spiro atoms. The van der Waals surface area contributed by atoms with Crippen LogP contribution >= 0.6 is 0 Å². The van der Waals surface area contributed by atoms with Gasteiger partial charge in [0.1, 0.15) is 0 Å². The van der Waals surface area contributed by atoms with Crippen LogP contribution in [0.3, 0.4) is 0 Å². The van der Waals surface area contributed by atoms with E-state index in [1.807, 2.05) is 0 Å². The Morgan fingerprint density at radius 1 is 1.33 bits per heavy atom. The summed E-state index contributed by atoms with van der Waals surface area (Å²) in [6.07, 6.45) is 0.504. The molecule has 0 bridgehead atoms. The normalized spacial score (nSPS) is 16.2. The standard InChI is InChI=1S/C12H12F2O4/c1-17-7-5-6(13)9(14)8(10(7)18-2)12(3-4-12)11(15)16/h5H,3-4H2,1-2H3,(H,15,16). The lowest BCUT2D eigenvalue weighted by atomic mass is 9.93. The number of carbonyl (C=O) groups is 1. The Labute approximate surface area is 102 Å². The van der Waals surface area contributed by atoms with Crippen LogP contribution in [0.2, 0.25) is 0 Å². The van der Waals surface area contributed by atoms with Crippen molar-refractivity contribution in [3.05, 3.63) is 23.3 Å². The van der Waals surface area contributed by atoms with Crippen molar-refractivity contribution in [1.29, 1.82) is 0 Å². The maximum atomic E-state index is 13.9. The molecule has 1 aromatic rings. The van der Waals surface area contributed by atoms with Crippen LogP contribution in [-0.4, -0.2) is 25.3 Å². The zero-order valence-electron chi connectivity index (χ0n) is 9.92. The van der Waals surface area contributed by atoms with Gasteiger partial charge in [-0.3, -0.25) is 4.79 Å². The summed E-state index contributed by atoms with van der Waals surface area (Å²) in [6.45, 7) is 0. The van der Waals surface area contributed by atoms with E-state index in [9.17, 15) is 18.7 Å². The second-order valence-electron chi connectivity index (χ2n) is 4.17. The van der Waals surface area contributed by atoms with Crippen LogP contribution in [0.5, 0.6) is 11.5 Å². The predicted octanol–water partition coefficient (Wildman–Crippen LogP) is 2.10. The third-order valence-corrected chi connectivity index (χ3v) is 3.20. The van der Waals surface area contributed by atoms with E-state index >= 15 is 0 Å². The van der Waals surface area contributed by atoms with Crippen LogP contribution < -0.4 is 9.47 Å². The van der Waals surface area contributed by atoms with Crippen LogP contribution in [0.15, 0.2) is 6.07 Å². The predicted molar refractivity (Wildman–Crippen MR) is 58.0 cm³/mol. The van der Waals surface area contributed by atoms with E-state index in [1.54, 1.807) is 0 Å². The summed E-state index contributed by atoms with van der Waals surface area (Å²) in [6, 6.07) is 0.843. The molecular weight excluding hydrogens is 246 g/mol. The summed E-state index contributed by atoms with van der Waals surface area (Å²) in [5.74, 6) is -3.59. The maximum Gasteiger partial charge on any atom is 0.314 e. The number of rotatable bonds is 4. The fourth-order valence-corrected chi connectivity index (χ4v) is 2.06. The number of aliphatic carboxylic acids is 1. The molecule has 1 N–H and O–H groups in total. The average Bonchev–Trinajstić information content (AvgIpc) is 3.12. The summed E-state index contributed by atoms with van der Waals surface area (Å²) in [7, 11) is 2.54. The maximum absolute atomic E-state index is 13.9. The highest BCUT2D eigenvalue weighted by molar-refractivity contribution is 5.86. The van der Waals surface area contributed by atoms with Gasteiger partial charge in [-0.05, 0) is 12.8 Å². The molecule has 0 aromatic heterocycles. The highest BCUT2D eigenvalue weighted by atomic mass is 19.2. The Kier molecular flexibility index (Phi) is 2.88. The summed E-state index contributed by atoms with van der Waals surface area (Å²) in [4.78, 5) is 11.2. The fourth-order valence-electron chi connectivity index (χ4n) is 2.06. The average molecular weight is 258 g/mol. The number of carboxylic acid groups (broad SMARTS) is 1. The lowest BCUT2D eigenvalue weighted by Crippen LogP contribution is -2.23. The number of benzene rings is 1. The van der Waals surface area contributed by atoms with Gasteiger partial charge >= 0.3 is 5.97 Å². The highest BCUT2D eigenvalue weighted by Crippen LogP contribution is 2.54. The molecule has 1 fully saturated rings. The van der Waals surface area contributed by atoms with Crippen molar-refractivity contribution in [3.63, 3.8) is 0 Å². The molecule has 1 aliphatic rings. The van der Waals surface area contributed by atoms with E-state index < -0.39 is 23.0 Å². The molecule has 6 heteroatoms. The first-order valence-corrected chi connectivity index (χ1v) is 5.31. The molecule has 0 unspecified atom stereocenters. The number of hydrogen-bond donors (Lipinski definition) is 1. The second kappa shape index (κ2) is 4.12. The molecule has 1 saturated carbocycles. The Hall–Kier alpha value is -1.85. The van der Waals surface area contributed by atoms with Crippen LogP contribution in [0, 0.1) is 11.6 Å². The van der Waals surface area contributed by atoms with Crippen molar-refractivity contribution in [1.82, 2.24) is 0 Å². The van der Waals surface area contributed by atoms with Gasteiger partial charge < -0.3 is 14.6 Å². The minimum atomic E-state index is -1.40. The molecule has 0 atom stereocenters. The fraction of sp³-hybridized carbons (Fsp3) is 0.417. The SMILES string of the molecule is COc1cc(F)c(F)c(C2(C(=O)O)CC2)c1OC. The van der Waals surface area contributed by atoms with E-state index in [0.29, 0.717) is 0 Å². The van der Waals surface area contributed by atoms with Gasteiger partial charge in [0.05, 0.1) is 25.2 Å². The van der Waals surface area contributed by atoms with E-state index in [1.165, 1.54) is 14.2 Å². The summed E-state index contributed by atoms with van der Waals surface area (Å²) < 4.78 is 37.2. The first-order valence-electron chi connectivity index (χ1n) is 5.31. The molecule has 98 valence electrons. The van der Waals surface area contributed by atoms with E-state index in [-0.39, 0.29) is 29.9 Å². The second-order valence-corrected chi connectivity index (χ2v) is 4.17. The Morgan fingerprint density at radius 3 is 2.33 bits per heavy atom. The van der Waals surface area contributed by atoms with Gasteiger partial charge in [-0.1, -0.05) is 0 Å². The van der Waals surface area contributed by atoms with Crippen molar-refractivity contribution in [3.8, 4) is 11.5 Å². The zero-order chi connectivity index (χ0) is 13.5. The molecule has 2 rings (SSSR count). The lowest BCUT2D eigenvalue weighted by Gasteiger charge is -2.18. The molecule has 1 aromatic carbocycles. The summed E-state index contributed by atoms with van der Waals surface area (Å²) >= 11 is 0. The van der Waals surface area contributed by atoms with E-state index in [4.69, 9.17) is 9.47 Å². The quantitative estimate of drug-likeness (QED) is 0.898. The minimum absolute atomic E-state index is 0.0149. The number of ether oxygens (including phenoxy) is 2. The Balaban J connectivity index is 2.72. The topological polar surface area (TPSA) is 55.8 Å². The monoisotopic (exact) mass is 258 g/mol. The van der Waals surface area contributed by atoms with Gasteiger partial charge in [0.25, 0.3) is 0 Å².